The van der Waals surface area contributed by atoms with E-state index < -0.39 is 30.7 Å². The molecule has 0 radical (unpaired) electrons. The Hall–Kier alpha value is -2.16. The maximum atomic E-state index is 11.4. The predicted octanol–water partition coefficient (Wildman–Crippen LogP) is -1.39. The second-order valence-corrected chi connectivity index (χ2v) is 3.28. The van der Waals surface area contributed by atoms with E-state index in [4.69, 9.17) is 10.2 Å². The van der Waals surface area contributed by atoms with Gasteiger partial charge in [0.2, 0.25) is 0 Å². The Kier molecular flexibility index (Phi) is 4.40. The zero-order chi connectivity index (χ0) is 12.8. The lowest BCUT2D eigenvalue weighted by atomic mass is 10.3. The van der Waals surface area contributed by atoms with Crippen LogP contribution in [-0.2, 0) is 4.79 Å². The molecule has 0 aliphatic carbocycles. The van der Waals surface area contributed by atoms with Gasteiger partial charge >= 0.3 is 12.0 Å². The number of hydrogen-bond donors (Lipinski definition) is 5. The lowest BCUT2D eigenvalue weighted by molar-refractivity contribution is -0.140. The first-order valence-corrected chi connectivity index (χ1v) is 4.80. The first kappa shape index (κ1) is 12.9. The Morgan fingerprint density at radius 1 is 1.53 bits per heavy atom. The van der Waals surface area contributed by atoms with Crippen molar-refractivity contribution in [3.8, 4) is 0 Å². The lowest BCUT2D eigenvalue weighted by Gasteiger charge is -2.15. The summed E-state index contributed by atoms with van der Waals surface area (Å²) in [6.45, 7) is 0.967. The van der Waals surface area contributed by atoms with E-state index in [0.29, 0.717) is 5.82 Å². The van der Waals surface area contributed by atoms with Crippen molar-refractivity contribution in [2.45, 2.75) is 19.0 Å². The molecule has 0 aromatic carbocycles. The van der Waals surface area contributed by atoms with E-state index in [2.05, 4.69) is 25.8 Å². The minimum Gasteiger partial charge on any atom is -0.480 e. The van der Waals surface area contributed by atoms with E-state index in [-0.39, 0.29) is 0 Å². The average Bonchev–Trinajstić information content (AvgIpc) is 2.78. The van der Waals surface area contributed by atoms with Crippen molar-refractivity contribution < 1.29 is 19.8 Å². The van der Waals surface area contributed by atoms with Gasteiger partial charge in [-0.2, -0.15) is 5.10 Å². The molecule has 5 N–H and O–H groups in total. The third kappa shape index (κ3) is 3.72. The number of aromatic amines is 1. The molecule has 0 saturated carbocycles. The molecule has 17 heavy (non-hydrogen) atoms. The molecule has 1 unspecified atom stereocenters. The third-order valence-corrected chi connectivity index (χ3v) is 1.98. The highest BCUT2D eigenvalue weighted by molar-refractivity contribution is 5.82. The second-order valence-electron chi connectivity index (χ2n) is 3.28. The van der Waals surface area contributed by atoms with Gasteiger partial charge in [0.15, 0.2) is 6.04 Å². The van der Waals surface area contributed by atoms with Crippen molar-refractivity contribution in [1.29, 1.82) is 0 Å². The predicted molar refractivity (Wildman–Crippen MR) is 55.0 cm³/mol. The number of aliphatic carboxylic acids is 1. The fourth-order valence-corrected chi connectivity index (χ4v) is 1.07. The summed E-state index contributed by atoms with van der Waals surface area (Å²) in [6, 6.07) is -2.50. The third-order valence-electron chi connectivity index (χ3n) is 1.98. The summed E-state index contributed by atoms with van der Waals surface area (Å²) < 4.78 is 0. The largest absolute Gasteiger partial charge is 0.480 e. The van der Waals surface area contributed by atoms with Gasteiger partial charge in [0.25, 0.3) is 0 Å². The van der Waals surface area contributed by atoms with Crippen LogP contribution in [0.4, 0.5) is 4.79 Å². The number of H-pyrrole nitrogens is 1. The number of nitrogens with one attached hydrogen (secondary N) is 3. The molecule has 9 heteroatoms. The Labute approximate surface area is 96.2 Å². The van der Waals surface area contributed by atoms with Crippen molar-refractivity contribution >= 4 is 12.0 Å². The van der Waals surface area contributed by atoms with Crippen LogP contribution < -0.4 is 10.6 Å². The molecule has 94 valence electrons. The molecule has 0 fully saturated rings. The molecule has 1 heterocycles. The van der Waals surface area contributed by atoms with Gasteiger partial charge < -0.3 is 20.8 Å². The fourth-order valence-electron chi connectivity index (χ4n) is 1.07. The van der Waals surface area contributed by atoms with Crippen LogP contribution in [0, 0.1) is 0 Å². The number of aromatic nitrogens is 3. The molecule has 0 saturated heterocycles. The Bertz CT molecular complexity index is 379. The smallest absolute Gasteiger partial charge is 0.328 e. The summed E-state index contributed by atoms with van der Waals surface area (Å²) in [5, 5.41) is 28.0. The topological polar surface area (TPSA) is 140 Å². The van der Waals surface area contributed by atoms with Crippen molar-refractivity contribution in [3.05, 3.63) is 12.2 Å². The van der Waals surface area contributed by atoms with Gasteiger partial charge in [0.1, 0.15) is 12.2 Å². The molecular weight excluding hydrogens is 230 g/mol. The first-order chi connectivity index (χ1) is 8.04. The Balaban J connectivity index is 2.47. The van der Waals surface area contributed by atoms with Gasteiger partial charge in [-0.25, -0.2) is 14.6 Å². The molecule has 9 nitrogen and oxygen atoms in total. The van der Waals surface area contributed by atoms with Gasteiger partial charge in [-0.05, 0) is 6.92 Å². The summed E-state index contributed by atoms with van der Waals surface area (Å²) in [7, 11) is 0. The monoisotopic (exact) mass is 243 g/mol. The number of amides is 2. The molecule has 0 spiro atoms. The van der Waals surface area contributed by atoms with Crippen LogP contribution in [0.25, 0.3) is 0 Å². The van der Waals surface area contributed by atoms with Crippen molar-refractivity contribution in [3.63, 3.8) is 0 Å². The molecular formula is C8H13N5O4. The van der Waals surface area contributed by atoms with Gasteiger partial charge in [-0.15, -0.1) is 0 Å². The van der Waals surface area contributed by atoms with E-state index in [1.54, 1.807) is 6.92 Å². The van der Waals surface area contributed by atoms with Crippen LogP contribution in [0.5, 0.6) is 0 Å². The Morgan fingerprint density at radius 2 is 2.24 bits per heavy atom. The van der Waals surface area contributed by atoms with E-state index >= 15 is 0 Å². The molecule has 1 aromatic heterocycles. The van der Waals surface area contributed by atoms with Crippen LogP contribution in [0.3, 0.4) is 0 Å². The van der Waals surface area contributed by atoms with Crippen molar-refractivity contribution in [1.82, 2.24) is 25.8 Å². The second kappa shape index (κ2) is 5.80. The molecule has 0 aliphatic heterocycles. The van der Waals surface area contributed by atoms with Crippen molar-refractivity contribution in [2.75, 3.05) is 6.61 Å². The minimum atomic E-state index is -1.34. The van der Waals surface area contributed by atoms with Gasteiger partial charge in [0, 0.05) is 0 Å². The zero-order valence-corrected chi connectivity index (χ0v) is 9.04. The molecule has 2 atom stereocenters. The number of rotatable bonds is 5. The van der Waals surface area contributed by atoms with Gasteiger partial charge in [0.05, 0.1) is 12.6 Å². The first-order valence-electron chi connectivity index (χ1n) is 4.80. The van der Waals surface area contributed by atoms with Crippen LogP contribution in [-0.4, -0.2) is 50.0 Å². The number of carboxylic acids is 1. The summed E-state index contributed by atoms with van der Waals surface area (Å²) in [5.74, 6) is -0.869. The normalized spacial score (nSPS) is 13.8. The number of nitrogens with zero attached hydrogens (tertiary/aromatic N) is 2. The summed E-state index contributed by atoms with van der Waals surface area (Å²) in [4.78, 5) is 25.7. The van der Waals surface area contributed by atoms with Crippen LogP contribution in [0.2, 0.25) is 0 Å². The average molecular weight is 243 g/mol. The number of urea groups is 1. The number of hydrogen-bond acceptors (Lipinski definition) is 5. The fraction of sp³-hybridized carbons (Fsp3) is 0.500. The maximum absolute atomic E-state index is 11.4. The number of aliphatic hydroxyl groups is 1. The van der Waals surface area contributed by atoms with Crippen LogP contribution in [0.1, 0.15) is 18.8 Å². The molecule has 0 bridgehead atoms. The highest BCUT2D eigenvalue weighted by atomic mass is 16.4. The van der Waals surface area contributed by atoms with E-state index in [9.17, 15) is 9.59 Å². The molecule has 2 amide bonds. The quantitative estimate of drug-likeness (QED) is 0.431. The zero-order valence-electron chi connectivity index (χ0n) is 9.04. The lowest BCUT2D eigenvalue weighted by Crippen LogP contribution is -2.48. The summed E-state index contributed by atoms with van der Waals surface area (Å²) in [6.07, 6.45) is 1.29. The highest BCUT2D eigenvalue weighted by Gasteiger charge is 2.20. The van der Waals surface area contributed by atoms with E-state index in [1.165, 1.54) is 6.33 Å². The van der Waals surface area contributed by atoms with Crippen LogP contribution >= 0.6 is 0 Å². The molecule has 0 aliphatic rings. The number of carbonyl (C=O) groups excluding carboxylic acids is 1. The number of carboxylic acid groups (broad SMARTS) is 1. The number of carbonyl (C=O) groups is 2. The highest BCUT2D eigenvalue weighted by Crippen LogP contribution is 2.03. The minimum absolute atomic E-state index is 0.441. The molecule has 1 aromatic rings. The van der Waals surface area contributed by atoms with Crippen molar-refractivity contribution in [2.24, 2.45) is 0 Å². The Morgan fingerprint density at radius 3 is 2.71 bits per heavy atom. The maximum Gasteiger partial charge on any atom is 0.328 e. The van der Waals surface area contributed by atoms with E-state index in [1.807, 2.05) is 0 Å². The summed E-state index contributed by atoms with van der Waals surface area (Å²) in [5.41, 5.74) is 0. The number of aliphatic hydroxyl groups excluding tert-OH is 1. The van der Waals surface area contributed by atoms with E-state index in [0.717, 1.165) is 0 Å². The van der Waals surface area contributed by atoms with Gasteiger partial charge in [-0.3, -0.25) is 5.10 Å². The standard InChI is InChI=1S/C8H13N5O4/c1-4(6-9-3-10-13-6)11-8(17)12-5(2-14)7(15)16/h3-5,14H,2H2,1H3,(H,15,16)(H,9,10,13)(H2,11,12,17)/t4?,5-/m0/s1. The van der Waals surface area contributed by atoms with Crippen LogP contribution in [0.15, 0.2) is 6.33 Å². The SMILES string of the molecule is CC(NC(=O)N[C@@H](CO)C(=O)O)c1ncn[nH]1. The molecule has 1 rings (SSSR count). The summed E-state index contributed by atoms with van der Waals surface area (Å²) >= 11 is 0. The van der Waals surface area contributed by atoms with Gasteiger partial charge in [-0.1, -0.05) is 0 Å².